The minimum Gasteiger partial charge on any atom is -0.388 e. The van der Waals surface area contributed by atoms with Crippen LogP contribution in [0.25, 0.3) is 0 Å². The summed E-state index contributed by atoms with van der Waals surface area (Å²) in [7, 11) is 0. The molecule has 2 nitrogen and oxygen atoms in total. The van der Waals surface area contributed by atoms with Crippen molar-refractivity contribution in [3.05, 3.63) is 34.1 Å². The number of hydrogen-bond donors (Lipinski definition) is 2. The lowest BCUT2D eigenvalue weighted by molar-refractivity contribution is 0.165. The molecule has 78 valence electrons. The van der Waals surface area contributed by atoms with Gasteiger partial charge < -0.3 is 10.8 Å². The molecule has 0 aliphatic carbocycles. The first-order valence-electron chi connectivity index (χ1n) is 4.40. The Kier molecular flexibility index (Phi) is 3.86. The largest absolute Gasteiger partial charge is 0.388 e. The standard InChI is InChI=1S/C10H13ClFNO/c1-6-2-3-7(11)9(10(6)12)8(14)4-5-13/h2-3,8,14H,4-5,13H2,1H3. The lowest BCUT2D eigenvalue weighted by atomic mass is 10.0. The number of hydrogen-bond acceptors (Lipinski definition) is 2. The molecular formula is C10H13ClFNO. The van der Waals surface area contributed by atoms with Gasteiger partial charge in [-0.05, 0) is 31.5 Å². The van der Waals surface area contributed by atoms with Gasteiger partial charge >= 0.3 is 0 Å². The van der Waals surface area contributed by atoms with Crippen molar-refractivity contribution >= 4 is 11.6 Å². The van der Waals surface area contributed by atoms with Crippen LogP contribution in [0.3, 0.4) is 0 Å². The minimum atomic E-state index is -0.924. The highest BCUT2D eigenvalue weighted by molar-refractivity contribution is 6.31. The highest BCUT2D eigenvalue weighted by Gasteiger charge is 2.17. The van der Waals surface area contributed by atoms with E-state index in [2.05, 4.69) is 0 Å². The van der Waals surface area contributed by atoms with Crippen LogP contribution in [-0.2, 0) is 0 Å². The Labute approximate surface area is 87.5 Å². The summed E-state index contributed by atoms with van der Waals surface area (Å²) in [5.74, 6) is -0.446. The van der Waals surface area contributed by atoms with E-state index in [1.807, 2.05) is 0 Å². The van der Waals surface area contributed by atoms with E-state index in [4.69, 9.17) is 17.3 Å². The molecule has 0 saturated heterocycles. The van der Waals surface area contributed by atoms with Crippen LogP contribution in [0.2, 0.25) is 5.02 Å². The maximum atomic E-state index is 13.6. The van der Waals surface area contributed by atoms with Crippen molar-refractivity contribution in [1.29, 1.82) is 0 Å². The number of rotatable bonds is 3. The molecule has 0 aliphatic heterocycles. The van der Waals surface area contributed by atoms with Crippen molar-refractivity contribution in [2.45, 2.75) is 19.4 Å². The van der Waals surface area contributed by atoms with Gasteiger partial charge in [0, 0.05) is 10.6 Å². The van der Waals surface area contributed by atoms with E-state index in [9.17, 15) is 9.50 Å². The van der Waals surface area contributed by atoms with Crippen LogP contribution in [0, 0.1) is 12.7 Å². The van der Waals surface area contributed by atoms with Crippen molar-refractivity contribution in [1.82, 2.24) is 0 Å². The number of benzene rings is 1. The number of halogens is 2. The summed E-state index contributed by atoms with van der Waals surface area (Å²) in [5.41, 5.74) is 5.90. The van der Waals surface area contributed by atoms with Crippen molar-refractivity contribution in [2.75, 3.05) is 6.54 Å². The molecule has 0 aromatic heterocycles. The lowest BCUT2D eigenvalue weighted by Crippen LogP contribution is -2.09. The van der Waals surface area contributed by atoms with Gasteiger partial charge in [-0.15, -0.1) is 0 Å². The molecule has 1 unspecified atom stereocenters. The van der Waals surface area contributed by atoms with Crippen molar-refractivity contribution < 1.29 is 9.50 Å². The molecule has 0 amide bonds. The van der Waals surface area contributed by atoms with Gasteiger partial charge in [0.1, 0.15) is 5.82 Å². The number of aliphatic hydroxyl groups is 1. The summed E-state index contributed by atoms with van der Waals surface area (Å²) in [6.07, 6.45) is -0.618. The molecule has 0 aliphatic rings. The predicted octanol–water partition coefficient (Wildman–Crippen LogP) is 2.17. The van der Waals surface area contributed by atoms with E-state index in [1.165, 1.54) is 0 Å². The molecule has 0 bridgehead atoms. The monoisotopic (exact) mass is 217 g/mol. The summed E-state index contributed by atoms with van der Waals surface area (Å²) in [6.45, 7) is 1.93. The first kappa shape index (κ1) is 11.4. The van der Waals surface area contributed by atoms with Crippen molar-refractivity contribution in [3.8, 4) is 0 Å². The zero-order valence-electron chi connectivity index (χ0n) is 7.93. The molecule has 0 saturated carbocycles. The second kappa shape index (κ2) is 4.73. The molecule has 4 heteroatoms. The molecule has 1 aromatic rings. The van der Waals surface area contributed by atoms with Crippen LogP contribution in [-0.4, -0.2) is 11.7 Å². The number of aryl methyl sites for hydroxylation is 1. The second-order valence-electron chi connectivity index (χ2n) is 3.19. The van der Waals surface area contributed by atoms with E-state index < -0.39 is 11.9 Å². The zero-order valence-corrected chi connectivity index (χ0v) is 8.68. The van der Waals surface area contributed by atoms with Gasteiger partial charge in [-0.25, -0.2) is 4.39 Å². The van der Waals surface area contributed by atoms with Gasteiger partial charge in [0.25, 0.3) is 0 Å². The van der Waals surface area contributed by atoms with Crippen LogP contribution in [0.1, 0.15) is 23.7 Å². The maximum Gasteiger partial charge on any atom is 0.133 e. The fourth-order valence-corrected chi connectivity index (χ4v) is 1.56. The third-order valence-electron chi connectivity index (χ3n) is 2.09. The van der Waals surface area contributed by atoms with Crippen LogP contribution < -0.4 is 5.73 Å². The first-order chi connectivity index (χ1) is 6.57. The average molecular weight is 218 g/mol. The molecule has 1 rings (SSSR count). The Bertz CT molecular complexity index is 330. The molecule has 1 atom stereocenters. The highest BCUT2D eigenvalue weighted by atomic mass is 35.5. The normalized spacial score (nSPS) is 12.9. The SMILES string of the molecule is Cc1ccc(Cl)c(C(O)CCN)c1F. The predicted molar refractivity (Wildman–Crippen MR) is 54.8 cm³/mol. The third-order valence-corrected chi connectivity index (χ3v) is 2.42. The van der Waals surface area contributed by atoms with Crippen LogP contribution >= 0.6 is 11.6 Å². The minimum absolute atomic E-state index is 0.150. The van der Waals surface area contributed by atoms with Gasteiger partial charge in [-0.3, -0.25) is 0 Å². The van der Waals surface area contributed by atoms with E-state index >= 15 is 0 Å². The Balaban J connectivity index is 3.11. The van der Waals surface area contributed by atoms with Crippen LogP contribution in [0.15, 0.2) is 12.1 Å². The molecule has 0 fully saturated rings. The quantitative estimate of drug-likeness (QED) is 0.815. The summed E-state index contributed by atoms with van der Waals surface area (Å²) in [6, 6.07) is 3.16. The topological polar surface area (TPSA) is 46.2 Å². The summed E-state index contributed by atoms with van der Waals surface area (Å²) in [4.78, 5) is 0. The van der Waals surface area contributed by atoms with Gasteiger partial charge in [-0.2, -0.15) is 0 Å². The van der Waals surface area contributed by atoms with E-state index in [0.717, 1.165) is 0 Å². The molecule has 3 N–H and O–H groups in total. The van der Waals surface area contributed by atoms with E-state index in [-0.39, 0.29) is 10.6 Å². The molecule has 0 spiro atoms. The number of nitrogens with two attached hydrogens (primary N) is 1. The molecule has 1 aromatic carbocycles. The fraction of sp³-hybridized carbons (Fsp3) is 0.400. The van der Waals surface area contributed by atoms with E-state index in [0.29, 0.717) is 18.5 Å². The van der Waals surface area contributed by atoms with E-state index in [1.54, 1.807) is 19.1 Å². The van der Waals surface area contributed by atoms with Crippen molar-refractivity contribution in [2.24, 2.45) is 5.73 Å². The zero-order chi connectivity index (χ0) is 10.7. The van der Waals surface area contributed by atoms with Gasteiger partial charge in [0.05, 0.1) is 6.10 Å². The Morgan fingerprint density at radius 2 is 2.21 bits per heavy atom. The first-order valence-corrected chi connectivity index (χ1v) is 4.78. The van der Waals surface area contributed by atoms with Gasteiger partial charge in [0.15, 0.2) is 0 Å². The van der Waals surface area contributed by atoms with Crippen molar-refractivity contribution in [3.63, 3.8) is 0 Å². The number of aliphatic hydroxyl groups excluding tert-OH is 1. The van der Waals surface area contributed by atoms with Gasteiger partial charge in [-0.1, -0.05) is 17.7 Å². The maximum absolute atomic E-state index is 13.6. The summed E-state index contributed by atoms with van der Waals surface area (Å²) >= 11 is 5.79. The smallest absolute Gasteiger partial charge is 0.133 e. The molecule has 14 heavy (non-hydrogen) atoms. The second-order valence-corrected chi connectivity index (χ2v) is 3.59. The Hall–Kier alpha value is -0.640. The van der Waals surface area contributed by atoms with Gasteiger partial charge in [0.2, 0.25) is 0 Å². The third kappa shape index (κ3) is 2.23. The Morgan fingerprint density at radius 1 is 1.57 bits per heavy atom. The highest BCUT2D eigenvalue weighted by Crippen LogP contribution is 2.29. The lowest BCUT2D eigenvalue weighted by Gasteiger charge is -2.13. The Morgan fingerprint density at radius 3 is 2.79 bits per heavy atom. The summed E-state index contributed by atoms with van der Waals surface area (Å²) < 4.78 is 13.6. The van der Waals surface area contributed by atoms with Crippen LogP contribution in [0.5, 0.6) is 0 Å². The fourth-order valence-electron chi connectivity index (χ4n) is 1.29. The van der Waals surface area contributed by atoms with Crippen LogP contribution in [0.4, 0.5) is 4.39 Å². The average Bonchev–Trinajstić information content (AvgIpc) is 2.13. The summed E-state index contributed by atoms with van der Waals surface area (Å²) in [5, 5.41) is 9.85. The molecule has 0 heterocycles. The molecular weight excluding hydrogens is 205 g/mol. The molecule has 0 radical (unpaired) electrons.